The predicted molar refractivity (Wildman–Crippen MR) is 181 cm³/mol. The number of hydrogen-bond acceptors (Lipinski definition) is 4. The Morgan fingerprint density at radius 1 is 1.02 bits per heavy atom. The quantitative estimate of drug-likeness (QED) is 0.241. The summed E-state index contributed by atoms with van der Waals surface area (Å²) in [4.78, 5) is 53.0. The summed E-state index contributed by atoms with van der Waals surface area (Å²) in [7, 11) is 3.98. The Morgan fingerprint density at radius 2 is 1.77 bits per heavy atom. The monoisotopic (exact) mass is 637 g/mol. The van der Waals surface area contributed by atoms with E-state index in [4.69, 9.17) is 0 Å². The highest BCUT2D eigenvalue weighted by Crippen LogP contribution is 2.32. The van der Waals surface area contributed by atoms with Gasteiger partial charge in [-0.15, -0.1) is 0 Å². The van der Waals surface area contributed by atoms with E-state index in [9.17, 15) is 18.8 Å². The first kappa shape index (κ1) is 30.7. The highest BCUT2D eigenvalue weighted by molar-refractivity contribution is 6.00. The zero-order chi connectivity index (χ0) is 32.7. The maximum atomic E-state index is 14.6. The van der Waals surface area contributed by atoms with Crippen molar-refractivity contribution in [1.29, 1.82) is 0 Å². The molecule has 2 aromatic heterocycles. The number of aromatic amines is 2. The molecule has 3 aromatic carbocycles. The maximum absolute atomic E-state index is 14.6. The van der Waals surface area contributed by atoms with E-state index in [1.807, 2.05) is 68.8 Å². The number of aromatic nitrogens is 3. The fourth-order valence-corrected chi connectivity index (χ4v) is 7.47. The maximum Gasteiger partial charge on any atom is 0.326 e. The van der Waals surface area contributed by atoms with Gasteiger partial charge in [0.25, 0.3) is 0 Å². The number of likely N-dealkylation sites (tertiary alicyclic amines) is 1. The van der Waals surface area contributed by atoms with Gasteiger partial charge in [-0.1, -0.05) is 30.3 Å². The van der Waals surface area contributed by atoms with Crippen LogP contribution >= 0.6 is 0 Å². The minimum atomic E-state index is -0.855. The lowest BCUT2D eigenvalue weighted by Gasteiger charge is -2.38. The number of carbonyl (C=O) groups is 2. The molecule has 7 rings (SSSR count). The number of piperidine rings is 1. The first-order valence-corrected chi connectivity index (χ1v) is 16.3. The second-order valence-corrected chi connectivity index (χ2v) is 13.2. The van der Waals surface area contributed by atoms with Crippen LogP contribution < -0.4 is 15.9 Å². The number of nitrogens with one attached hydrogen (secondary N) is 3. The lowest BCUT2D eigenvalue weighted by atomic mass is 9.91. The van der Waals surface area contributed by atoms with Gasteiger partial charge in [0.1, 0.15) is 11.9 Å². The summed E-state index contributed by atoms with van der Waals surface area (Å²) in [5, 5.41) is 4.09. The Labute approximate surface area is 272 Å². The van der Waals surface area contributed by atoms with Crippen molar-refractivity contribution in [3.8, 4) is 0 Å². The Morgan fingerprint density at radius 3 is 2.55 bits per heavy atom. The number of hydrogen-bond donors (Lipinski definition) is 3. The fourth-order valence-electron chi connectivity index (χ4n) is 7.47. The Bertz CT molecular complexity index is 1990. The van der Waals surface area contributed by atoms with Crippen LogP contribution in [0.3, 0.4) is 0 Å². The SMILES string of the molecule is CN(C)C[C@H]1Cc2cc(F)ccc2N(C(=O)[C@@H](Cc2c[nH]c3ccccc23)NC(=O)N2CCC(n3c(=O)[nH]c4ccccc43)CC2)C1. The molecule has 4 heterocycles. The standard InChI is InChI=1S/C36H40FN7O3/c1-41(2)21-23-17-24-18-26(37)11-12-32(24)43(22-23)34(45)31(19-25-20-38-29-8-4-3-7-28(25)29)40-35(46)42-15-13-27(14-16-42)44-33-10-6-5-9-30(33)39-36(44)47/h3-12,18,20,23,27,31,38H,13-17,19,21-22H2,1-2H3,(H,39,47)(H,40,46)/t23-,31-/m1/s1. The molecule has 10 nitrogen and oxygen atoms in total. The molecule has 47 heavy (non-hydrogen) atoms. The van der Waals surface area contributed by atoms with Crippen molar-refractivity contribution in [1.82, 2.24) is 29.7 Å². The molecule has 2 aliphatic rings. The molecule has 2 aliphatic heterocycles. The third kappa shape index (κ3) is 6.15. The number of halogens is 1. The van der Waals surface area contributed by atoms with Crippen LogP contribution in [0.4, 0.5) is 14.9 Å². The minimum Gasteiger partial charge on any atom is -0.361 e. The largest absolute Gasteiger partial charge is 0.361 e. The van der Waals surface area contributed by atoms with E-state index in [0.29, 0.717) is 51.0 Å². The molecule has 0 spiro atoms. The number of para-hydroxylation sites is 3. The second-order valence-electron chi connectivity index (χ2n) is 13.2. The van der Waals surface area contributed by atoms with E-state index in [2.05, 4.69) is 20.2 Å². The predicted octanol–water partition coefficient (Wildman–Crippen LogP) is 4.67. The van der Waals surface area contributed by atoms with Gasteiger partial charge >= 0.3 is 11.7 Å². The molecule has 2 atom stereocenters. The average molecular weight is 638 g/mol. The van der Waals surface area contributed by atoms with Gasteiger partial charge in [0.15, 0.2) is 0 Å². The molecule has 0 unspecified atom stereocenters. The van der Waals surface area contributed by atoms with Crippen LogP contribution in [0.2, 0.25) is 0 Å². The average Bonchev–Trinajstić information content (AvgIpc) is 3.63. The number of imidazole rings is 1. The normalized spacial score (nSPS) is 17.7. The van der Waals surface area contributed by atoms with Crippen LogP contribution in [-0.4, -0.2) is 82.6 Å². The smallest absolute Gasteiger partial charge is 0.326 e. The van der Waals surface area contributed by atoms with Crippen molar-refractivity contribution in [3.63, 3.8) is 0 Å². The van der Waals surface area contributed by atoms with Gasteiger partial charge in [-0.3, -0.25) is 9.36 Å². The van der Waals surface area contributed by atoms with E-state index in [-0.39, 0.29) is 35.4 Å². The summed E-state index contributed by atoms with van der Waals surface area (Å²) >= 11 is 0. The second kappa shape index (κ2) is 12.7. The number of carbonyl (C=O) groups excluding carboxylic acids is 2. The van der Waals surface area contributed by atoms with Crippen LogP contribution in [0.15, 0.2) is 77.7 Å². The van der Waals surface area contributed by atoms with Crippen LogP contribution in [0.5, 0.6) is 0 Å². The third-order valence-electron chi connectivity index (χ3n) is 9.61. The summed E-state index contributed by atoms with van der Waals surface area (Å²) in [6, 6.07) is 18.9. The number of fused-ring (bicyclic) bond motifs is 3. The van der Waals surface area contributed by atoms with Crippen molar-refractivity contribution >= 4 is 39.6 Å². The number of rotatable bonds is 7. The number of nitrogens with zero attached hydrogens (tertiary/aromatic N) is 4. The van der Waals surface area contributed by atoms with Crippen LogP contribution in [-0.2, 0) is 17.6 Å². The lowest BCUT2D eigenvalue weighted by molar-refractivity contribution is -0.120. The topological polar surface area (TPSA) is 109 Å². The third-order valence-corrected chi connectivity index (χ3v) is 9.61. The highest BCUT2D eigenvalue weighted by Gasteiger charge is 2.35. The molecule has 1 fully saturated rings. The number of urea groups is 1. The molecular weight excluding hydrogens is 597 g/mol. The zero-order valence-electron chi connectivity index (χ0n) is 26.7. The van der Waals surface area contributed by atoms with Crippen molar-refractivity contribution < 1.29 is 14.0 Å². The molecule has 3 amide bonds. The summed E-state index contributed by atoms with van der Waals surface area (Å²) in [6.45, 7) is 2.12. The number of amides is 3. The molecule has 0 radical (unpaired) electrons. The van der Waals surface area contributed by atoms with Gasteiger partial charge in [0.05, 0.1) is 11.0 Å². The first-order chi connectivity index (χ1) is 22.7. The molecule has 0 bridgehead atoms. The minimum absolute atomic E-state index is 0.0368. The van der Waals surface area contributed by atoms with E-state index < -0.39 is 6.04 Å². The summed E-state index contributed by atoms with van der Waals surface area (Å²) in [5.41, 5.74) is 4.88. The van der Waals surface area contributed by atoms with Gasteiger partial charge in [0, 0.05) is 61.4 Å². The zero-order valence-corrected chi connectivity index (χ0v) is 26.7. The van der Waals surface area contributed by atoms with Crippen LogP contribution in [0.1, 0.15) is 30.0 Å². The molecule has 1 saturated heterocycles. The molecule has 244 valence electrons. The van der Waals surface area contributed by atoms with Crippen LogP contribution in [0, 0.1) is 11.7 Å². The molecule has 3 N–H and O–H groups in total. The van der Waals surface area contributed by atoms with Crippen molar-refractivity contribution in [2.45, 2.75) is 37.8 Å². The Balaban J connectivity index is 1.14. The van der Waals surface area contributed by atoms with E-state index >= 15 is 0 Å². The summed E-state index contributed by atoms with van der Waals surface area (Å²) in [6.07, 6.45) is 4.10. The van der Waals surface area contributed by atoms with Crippen molar-refractivity contribution in [2.24, 2.45) is 5.92 Å². The van der Waals surface area contributed by atoms with Gasteiger partial charge in [-0.2, -0.15) is 0 Å². The molecule has 5 aromatic rings. The van der Waals surface area contributed by atoms with Gasteiger partial charge < -0.3 is 30.0 Å². The number of H-pyrrole nitrogens is 2. The van der Waals surface area contributed by atoms with Gasteiger partial charge in [-0.05, 0) is 86.8 Å². The van der Waals surface area contributed by atoms with E-state index in [1.165, 1.54) is 12.1 Å². The Hall–Kier alpha value is -4.90. The summed E-state index contributed by atoms with van der Waals surface area (Å²) in [5.74, 6) is -0.441. The highest BCUT2D eigenvalue weighted by atomic mass is 19.1. The first-order valence-electron chi connectivity index (χ1n) is 16.3. The lowest BCUT2D eigenvalue weighted by Crippen LogP contribution is -2.56. The van der Waals surface area contributed by atoms with Gasteiger partial charge in [-0.25, -0.2) is 14.0 Å². The fraction of sp³-hybridized carbons (Fsp3) is 0.361. The van der Waals surface area contributed by atoms with Crippen LogP contribution in [0.25, 0.3) is 21.9 Å². The Kier molecular flexibility index (Phi) is 8.31. The number of benzene rings is 3. The molecule has 11 heteroatoms. The van der Waals surface area contributed by atoms with E-state index in [1.54, 1.807) is 20.4 Å². The molecule has 0 aliphatic carbocycles. The van der Waals surface area contributed by atoms with Crippen molar-refractivity contribution in [3.05, 3.63) is 100 Å². The number of anilines is 1. The molecule has 0 saturated carbocycles. The van der Waals surface area contributed by atoms with Gasteiger partial charge in [0.2, 0.25) is 5.91 Å². The van der Waals surface area contributed by atoms with E-state index in [0.717, 1.165) is 39.6 Å². The summed E-state index contributed by atoms with van der Waals surface area (Å²) < 4.78 is 16.2. The van der Waals surface area contributed by atoms with Crippen molar-refractivity contribution in [2.75, 3.05) is 45.2 Å². The molecular formula is C36H40FN7O3.